The Balaban J connectivity index is 2.11. The lowest BCUT2D eigenvalue weighted by Gasteiger charge is -2.03. The maximum atomic E-state index is 11.4. The van der Waals surface area contributed by atoms with Gasteiger partial charge >= 0.3 is 5.97 Å². The van der Waals surface area contributed by atoms with Crippen LogP contribution in [0.4, 0.5) is 0 Å². The first-order chi connectivity index (χ1) is 12.2. The van der Waals surface area contributed by atoms with Crippen molar-refractivity contribution in [3.05, 3.63) is 59.4 Å². The molecule has 0 aliphatic heterocycles. The van der Waals surface area contributed by atoms with Crippen molar-refractivity contribution in [3.8, 4) is 22.6 Å². The molecule has 0 saturated carbocycles. The quantitative estimate of drug-likeness (QED) is 0.688. The summed E-state index contributed by atoms with van der Waals surface area (Å²) < 4.78 is 28.4. The van der Waals surface area contributed by atoms with E-state index in [2.05, 4.69) is 4.98 Å². The van der Waals surface area contributed by atoms with Crippen molar-refractivity contribution in [2.75, 3.05) is 0 Å². The Kier molecular flexibility index (Phi) is 4.82. The number of hydrogen-bond donors (Lipinski definition) is 2. The molecule has 0 atom stereocenters. The number of aliphatic carboxylic acids is 1. The predicted molar refractivity (Wildman–Crippen MR) is 95.1 cm³/mol. The molecule has 1 aromatic heterocycles. The van der Waals surface area contributed by atoms with Crippen LogP contribution >= 0.6 is 11.6 Å². The minimum Gasteiger partial charge on any atom is -0.481 e. The summed E-state index contributed by atoms with van der Waals surface area (Å²) >= 11 is 5.90. The second-order valence-corrected chi connectivity index (χ2v) is 7.43. The molecule has 0 saturated heterocycles. The number of sulfonamides is 1. The van der Waals surface area contributed by atoms with Gasteiger partial charge in [-0.25, -0.2) is 18.5 Å². The molecule has 3 aromatic rings. The Morgan fingerprint density at radius 1 is 1.08 bits per heavy atom. The van der Waals surface area contributed by atoms with Crippen LogP contribution in [0.25, 0.3) is 22.6 Å². The lowest BCUT2D eigenvalue weighted by Crippen LogP contribution is -2.11. The molecule has 0 spiro atoms. The maximum Gasteiger partial charge on any atom is 0.312 e. The molecule has 0 bridgehead atoms. The zero-order chi connectivity index (χ0) is 18.9. The molecule has 0 fully saturated rings. The summed E-state index contributed by atoms with van der Waals surface area (Å²) in [6.07, 6.45) is -0.379. The van der Waals surface area contributed by atoms with Crippen molar-refractivity contribution in [3.63, 3.8) is 0 Å². The van der Waals surface area contributed by atoms with Crippen molar-refractivity contribution in [2.45, 2.75) is 11.3 Å². The third-order valence-electron chi connectivity index (χ3n) is 3.54. The topological polar surface area (TPSA) is 123 Å². The summed E-state index contributed by atoms with van der Waals surface area (Å²) in [6.45, 7) is 0. The third-order valence-corrected chi connectivity index (χ3v) is 4.72. The molecular weight excluding hydrogens is 380 g/mol. The SMILES string of the molecule is NS(=O)(=O)c1ccc(-c2nc(CC(=O)O)oc2-c2ccc(Cl)cc2)cc1. The Bertz CT molecular complexity index is 1060. The number of carboxylic acid groups (broad SMARTS) is 1. The van der Waals surface area contributed by atoms with Crippen LogP contribution < -0.4 is 5.14 Å². The molecule has 134 valence electrons. The summed E-state index contributed by atoms with van der Waals surface area (Å²) in [7, 11) is -3.82. The van der Waals surface area contributed by atoms with E-state index in [0.717, 1.165) is 0 Å². The van der Waals surface area contributed by atoms with Crippen LogP contribution in [0, 0.1) is 0 Å². The van der Waals surface area contributed by atoms with Gasteiger partial charge in [0, 0.05) is 16.1 Å². The van der Waals surface area contributed by atoms with Gasteiger partial charge in [-0.3, -0.25) is 4.79 Å². The fourth-order valence-corrected chi connectivity index (χ4v) is 3.01. The third kappa shape index (κ3) is 3.93. The van der Waals surface area contributed by atoms with Crippen molar-refractivity contribution in [1.82, 2.24) is 4.98 Å². The summed E-state index contributed by atoms with van der Waals surface area (Å²) in [5.74, 6) is -0.681. The first-order valence-corrected chi connectivity index (χ1v) is 9.27. The van der Waals surface area contributed by atoms with Gasteiger partial charge in [0.25, 0.3) is 0 Å². The summed E-state index contributed by atoms with van der Waals surface area (Å²) in [5, 5.41) is 14.6. The highest BCUT2D eigenvalue weighted by Gasteiger charge is 2.19. The summed E-state index contributed by atoms with van der Waals surface area (Å²) in [4.78, 5) is 15.2. The van der Waals surface area contributed by atoms with Gasteiger partial charge < -0.3 is 9.52 Å². The number of oxazole rings is 1. The van der Waals surface area contributed by atoms with Crippen LogP contribution in [0.2, 0.25) is 5.02 Å². The average Bonchev–Trinajstić information content (AvgIpc) is 2.98. The van der Waals surface area contributed by atoms with Gasteiger partial charge in [-0.15, -0.1) is 0 Å². The monoisotopic (exact) mass is 392 g/mol. The highest BCUT2D eigenvalue weighted by Crippen LogP contribution is 2.33. The average molecular weight is 393 g/mol. The molecule has 2 aromatic carbocycles. The van der Waals surface area contributed by atoms with E-state index in [1.807, 2.05) is 0 Å². The Morgan fingerprint density at radius 3 is 2.19 bits per heavy atom. The molecule has 0 radical (unpaired) electrons. The summed E-state index contributed by atoms with van der Waals surface area (Å²) in [6, 6.07) is 12.5. The Labute approximate surface area is 154 Å². The highest BCUT2D eigenvalue weighted by atomic mass is 35.5. The number of benzene rings is 2. The van der Waals surface area contributed by atoms with Crippen LogP contribution in [0.15, 0.2) is 57.8 Å². The molecule has 3 N–H and O–H groups in total. The van der Waals surface area contributed by atoms with E-state index in [-0.39, 0.29) is 17.2 Å². The normalized spacial score (nSPS) is 11.5. The standard InChI is InChI=1S/C17H13ClN2O5S/c18-12-5-1-11(2-6-12)17-16(20-14(25-17)9-15(21)22)10-3-7-13(8-4-10)26(19,23)24/h1-8H,9H2,(H,21,22)(H2,19,23,24). The lowest BCUT2D eigenvalue weighted by atomic mass is 10.1. The smallest absolute Gasteiger partial charge is 0.312 e. The Hall–Kier alpha value is -2.68. The molecule has 7 nitrogen and oxygen atoms in total. The van der Waals surface area contributed by atoms with E-state index >= 15 is 0 Å². The van der Waals surface area contributed by atoms with Gasteiger partial charge in [-0.2, -0.15) is 0 Å². The first kappa shape index (κ1) is 18.1. The second-order valence-electron chi connectivity index (χ2n) is 5.43. The van der Waals surface area contributed by atoms with Gasteiger partial charge in [0.15, 0.2) is 5.76 Å². The minimum absolute atomic E-state index is 0.0352. The number of carbonyl (C=O) groups is 1. The van der Waals surface area contributed by atoms with E-state index in [1.54, 1.807) is 24.3 Å². The second kappa shape index (κ2) is 6.91. The number of hydrogen-bond acceptors (Lipinski definition) is 5. The number of primary sulfonamides is 1. The van der Waals surface area contributed by atoms with Gasteiger partial charge in [0.2, 0.25) is 15.9 Å². The van der Waals surface area contributed by atoms with Gasteiger partial charge in [-0.05, 0) is 36.4 Å². The van der Waals surface area contributed by atoms with Crippen LogP contribution in [0.5, 0.6) is 0 Å². The van der Waals surface area contributed by atoms with Crippen LogP contribution in [0.1, 0.15) is 5.89 Å². The van der Waals surface area contributed by atoms with Gasteiger partial charge in [0.1, 0.15) is 12.1 Å². The molecule has 26 heavy (non-hydrogen) atoms. The number of aromatic nitrogens is 1. The maximum absolute atomic E-state index is 11.4. The van der Waals surface area contributed by atoms with Crippen LogP contribution in [-0.2, 0) is 21.2 Å². The number of nitrogens with zero attached hydrogens (tertiary/aromatic N) is 1. The number of rotatable bonds is 5. The molecule has 0 aliphatic rings. The molecule has 3 rings (SSSR count). The van der Waals surface area contributed by atoms with E-state index in [9.17, 15) is 13.2 Å². The molecule has 0 unspecified atom stereocenters. The number of carboxylic acids is 1. The predicted octanol–water partition coefficient (Wildman–Crippen LogP) is 2.94. The molecule has 0 aliphatic carbocycles. The molecular formula is C17H13ClN2O5S. The van der Waals surface area contributed by atoms with Crippen molar-refractivity contribution >= 4 is 27.6 Å². The zero-order valence-corrected chi connectivity index (χ0v) is 14.8. The first-order valence-electron chi connectivity index (χ1n) is 7.35. The van der Waals surface area contributed by atoms with E-state index in [0.29, 0.717) is 27.6 Å². The largest absolute Gasteiger partial charge is 0.481 e. The van der Waals surface area contributed by atoms with Crippen molar-refractivity contribution in [2.24, 2.45) is 5.14 Å². The number of halogens is 1. The zero-order valence-electron chi connectivity index (χ0n) is 13.2. The molecule has 1 heterocycles. The lowest BCUT2D eigenvalue weighted by molar-refractivity contribution is -0.136. The van der Waals surface area contributed by atoms with E-state index in [1.165, 1.54) is 24.3 Å². The van der Waals surface area contributed by atoms with E-state index < -0.39 is 16.0 Å². The van der Waals surface area contributed by atoms with Gasteiger partial charge in [-0.1, -0.05) is 23.7 Å². The summed E-state index contributed by atoms with van der Waals surface area (Å²) in [5.41, 5.74) is 1.61. The van der Waals surface area contributed by atoms with Crippen LogP contribution in [0.3, 0.4) is 0 Å². The highest BCUT2D eigenvalue weighted by molar-refractivity contribution is 7.89. The minimum atomic E-state index is -3.82. The molecule has 9 heteroatoms. The van der Waals surface area contributed by atoms with Crippen molar-refractivity contribution < 1.29 is 22.7 Å². The fraction of sp³-hybridized carbons (Fsp3) is 0.0588. The van der Waals surface area contributed by atoms with Gasteiger partial charge in [0.05, 0.1) is 4.90 Å². The number of nitrogens with two attached hydrogens (primary N) is 1. The fourth-order valence-electron chi connectivity index (χ4n) is 2.36. The Morgan fingerprint density at radius 2 is 1.65 bits per heavy atom. The van der Waals surface area contributed by atoms with Crippen LogP contribution in [-0.4, -0.2) is 24.5 Å². The van der Waals surface area contributed by atoms with Crippen molar-refractivity contribution in [1.29, 1.82) is 0 Å². The van der Waals surface area contributed by atoms with E-state index in [4.69, 9.17) is 26.3 Å². The molecule has 0 amide bonds.